The summed E-state index contributed by atoms with van der Waals surface area (Å²) in [6, 6.07) is 15.3. The number of hydrogen-bond acceptors (Lipinski definition) is 5. The molecule has 0 saturated carbocycles. The largest absolute Gasteiger partial charge is 0.463 e. The Morgan fingerprint density at radius 2 is 1.68 bits per heavy atom. The number of thiazole rings is 1. The summed E-state index contributed by atoms with van der Waals surface area (Å²) < 4.78 is 7.52. The average molecular weight is 433 g/mol. The SMILES string of the molecule is CCOC(=O)C1=C(C)N=c2sc(=Cc3ccc(C)cc3)c(=O)n2C1c1ccc(C)cc1. The van der Waals surface area contributed by atoms with Crippen LogP contribution >= 0.6 is 11.3 Å². The van der Waals surface area contributed by atoms with Crippen LogP contribution in [0.5, 0.6) is 0 Å². The molecule has 3 aromatic rings. The van der Waals surface area contributed by atoms with E-state index >= 15 is 0 Å². The highest BCUT2D eigenvalue weighted by Gasteiger charge is 2.33. The van der Waals surface area contributed by atoms with E-state index in [2.05, 4.69) is 4.99 Å². The average Bonchev–Trinajstić information content (AvgIpc) is 3.04. The van der Waals surface area contributed by atoms with Crippen molar-refractivity contribution >= 4 is 23.4 Å². The third kappa shape index (κ3) is 4.03. The van der Waals surface area contributed by atoms with E-state index in [9.17, 15) is 9.59 Å². The van der Waals surface area contributed by atoms with E-state index in [1.165, 1.54) is 11.3 Å². The first-order chi connectivity index (χ1) is 14.9. The third-order valence-corrected chi connectivity index (χ3v) is 6.27. The number of fused-ring (bicyclic) bond motifs is 1. The number of carbonyl (C=O) groups is 1. The summed E-state index contributed by atoms with van der Waals surface area (Å²) in [7, 11) is 0. The second kappa shape index (κ2) is 8.47. The predicted octanol–water partition coefficient (Wildman–Crippen LogP) is 3.42. The van der Waals surface area contributed by atoms with Crippen molar-refractivity contribution in [2.24, 2.45) is 4.99 Å². The number of aryl methyl sites for hydroxylation is 2. The molecular weight excluding hydrogens is 408 g/mol. The zero-order chi connectivity index (χ0) is 22.1. The van der Waals surface area contributed by atoms with Gasteiger partial charge in [-0.1, -0.05) is 71.0 Å². The summed E-state index contributed by atoms with van der Waals surface area (Å²) in [5, 5.41) is 0. The van der Waals surface area contributed by atoms with Gasteiger partial charge in [0.15, 0.2) is 4.80 Å². The van der Waals surface area contributed by atoms with Gasteiger partial charge >= 0.3 is 5.97 Å². The summed E-state index contributed by atoms with van der Waals surface area (Å²) in [6.45, 7) is 7.85. The fraction of sp³-hybridized carbons (Fsp3) is 0.240. The molecular formula is C25H24N2O3S. The van der Waals surface area contributed by atoms with Gasteiger partial charge in [0.1, 0.15) is 0 Å². The number of rotatable bonds is 4. The molecule has 1 aliphatic rings. The van der Waals surface area contributed by atoms with Crippen molar-refractivity contribution in [1.29, 1.82) is 0 Å². The monoisotopic (exact) mass is 432 g/mol. The predicted molar refractivity (Wildman–Crippen MR) is 123 cm³/mol. The van der Waals surface area contributed by atoms with Crippen LogP contribution < -0.4 is 14.9 Å². The van der Waals surface area contributed by atoms with Crippen molar-refractivity contribution in [3.05, 3.63) is 102 Å². The van der Waals surface area contributed by atoms with Gasteiger partial charge in [0.25, 0.3) is 5.56 Å². The summed E-state index contributed by atoms with van der Waals surface area (Å²) in [5.74, 6) is -0.442. The lowest BCUT2D eigenvalue weighted by molar-refractivity contribution is -0.139. The molecule has 1 atom stereocenters. The minimum absolute atomic E-state index is 0.163. The van der Waals surface area contributed by atoms with Gasteiger partial charge in [-0.2, -0.15) is 0 Å². The van der Waals surface area contributed by atoms with E-state index in [1.807, 2.05) is 68.5 Å². The van der Waals surface area contributed by atoms with Gasteiger partial charge in [0.2, 0.25) is 0 Å². The number of aromatic nitrogens is 1. The highest BCUT2D eigenvalue weighted by molar-refractivity contribution is 7.07. The van der Waals surface area contributed by atoms with Gasteiger partial charge in [0, 0.05) is 0 Å². The number of hydrogen-bond donors (Lipinski definition) is 0. The number of benzene rings is 2. The highest BCUT2D eigenvalue weighted by atomic mass is 32.1. The summed E-state index contributed by atoms with van der Waals surface area (Å²) in [4.78, 5) is 31.5. The third-order valence-electron chi connectivity index (χ3n) is 5.29. The number of allylic oxidation sites excluding steroid dienone is 1. The molecule has 0 fully saturated rings. The zero-order valence-corrected chi connectivity index (χ0v) is 18.8. The molecule has 1 unspecified atom stereocenters. The normalized spacial score (nSPS) is 16.1. The molecule has 1 aliphatic heterocycles. The maximum atomic E-state index is 13.5. The van der Waals surface area contributed by atoms with Gasteiger partial charge in [-0.3, -0.25) is 9.36 Å². The van der Waals surface area contributed by atoms with Crippen LogP contribution in [0.3, 0.4) is 0 Å². The van der Waals surface area contributed by atoms with Crippen LogP contribution in [0.25, 0.3) is 6.08 Å². The van der Waals surface area contributed by atoms with Crippen molar-refractivity contribution in [2.45, 2.75) is 33.7 Å². The fourth-order valence-corrected chi connectivity index (χ4v) is 4.72. The van der Waals surface area contributed by atoms with Crippen LogP contribution in [0.1, 0.15) is 42.1 Å². The van der Waals surface area contributed by atoms with Crippen molar-refractivity contribution < 1.29 is 9.53 Å². The number of nitrogens with zero attached hydrogens (tertiary/aromatic N) is 2. The maximum Gasteiger partial charge on any atom is 0.338 e. The van der Waals surface area contributed by atoms with E-state index in [0.29, 0.717) is 20.6 Å². The summed E-state index contributed by atoms with van der Waals surface area (Å²) >= 11 is 1.34. The van der Waals surface area contributed by atoms with Gasteiger partial charge in [0.05, 0.1) is 28.5 Å². The van der Waals surface area contributed by atoms with Crippen molar-refractivity contribution in [2.75, 3.05) is 6.61 Å². The molecule has 1 aromatic heterocycles. The van der Waals surface area contributed by atoms with Crippen LogP contribution in [0.4, 0.5) is 0 Å². The molecule has 0 radical (unpaired) electrons. The number of esters is 1. The fourth-order valence-electron chi connectivity index (χ4n) is 3.67. The quantitative estimate of drug-likeness (QED) is 0.594. The Bertz CT molecular complexity index is 1340. The summed E-state index contributed by atoms with van der Waals surface area (Å²) in [6.07, 6.45) is 1.87. The molecule has 4 rings (SSSR count). The van der Waals surface area contributed by atoms with Crippen molar-refractivity contribution in [1.82, 2.24) is 4.57 Å². The lowest BCUT2D eigenvalue weighted by atomic mass is 9.95. The first-order valence-electron chi connectivity index (χ1n) is 10.2. The second-order valence-electron chi connectivity index (χ2n) is 7.62. The lowest BCUT2D eigenvalue weighted by Crippen LogP contribution is -2.39. The molecule has 6 heteroatoms. The van der Waals surface area contributed by atoms with E-state index in [4.69, 9.17) is 4.74 Å². The Hall–Kier alpha value is -3.25. The Morgan fingerprint density at radius 3 is 2.29 bits per heavy atom. The zero-order valence-electron chi connectivity index (χ0n) is 18.0. The molecule has 31 heavy (non-hydrogen) atoms. The maximum absolute atomic E-state index is 13.5. The first-order valence-corrected chi connectivity index (χ1v) is 11.0. The molecule has 0 aliphatic carbocycles. The molecule has 0 bridgehead atoms. The second-order valence-corrected chi connectivity index (χ2v) is 8.63. The Labute approximate surface area is 184 Å². The van der Waals surface area contributed by atoms with Gasteiger partial charge in [-0.25, -0.2) is 9.79 Å². The van der Waals surface area contributed by atoms with Gasteiger partial charge < -0.3 is 4.74 Å². The molecule has 0 spiro atoms. The molecule has 2 heterocycles. The molecule has 0 amide bonds. The standard InChI is InChI=1S/C25H24N2O3S/c1-5-30-24(29)21-17(4)26-25-27(22(21)19-12-8-16(3)9-13-19)23(28)20(31-25)14-18-10-6-15(2)7-11-18/h6-14,22H,5H2,1-4H3. The topological polar surface area (TPSA) is 60.7 Å². The summed E-state index contributed by atoms with van der Waals surface area (Å²) in [5.41, 5.74) is 4.88. The number of ether oxygens (including phenoxy) is 1. The molecule has 0 saturated heterocycles. The Balaban J connectivity index is 1.94. The van der Waals surface area contributed by atoms with Crippen LogP contribution in [-0.4, -0.2) is 17.1 Å². The van der Waals surface area contributed by atoms with Crippen LogP contribution in [0.15, 0.2) is 69.6 Å². The Kier molecular flexibility index (Phi) is 5.74. The molecule has 2 aromatic carbocycles. The molecule has 158 valence electrons. The van der Waals surface area contributed by atoms with Gasteiger partial charge in [-0.05, 0) is 44.9 Å². The lowest BCUT2D eigenvalue weighted by Gasteiger charge is -2.24. The number of carbonyl (C=O) groups excluding carboxylic acids is 1. The van der Waals surface area contributed by atoms with Crippen LogP contribution in [-0.2, 0) is 9.53 Å². The molecule has 5 nitrogen and oxygen atoms in total. The molecule has 0 N–H and O–H groups in total. The minimum atomic E-state index is -0.573. The van der Waals surface area contributed by atoms with E-state index in [1.54, 1.807) is 18.4 Å². The van der Waals surface area contributed by atoms with E-state index in [-0.39, 0.29) is 12.2 Å². The van der Waals surface area contributed by atoms with Gasteiger partial charge in [-0.15, -0.1) is 0 Å². The van der Waals surface area contributed by atoms with Crippen LogP contribution in [0.2, 0.25) is 0 Å². The first kappa shape index (κ1) is 21.0. The van der Waals surface area contributed by atoms with Crippen molar-refractivity contribution in [3.8, 4) is 0 Å². The smallest absolute Gasteiger partial charge is 0.338 e. The van der Waals surface area contributed by atoms with Crippen molar-refractivity contribution in [3.63, 3.8) is 0 Å². The minimum Gasteiger partial charge on any atom is -0.463 e. The highest BCUT2D eigenvalue weighted by Crippen LogP contribution is 2.30. The Morgan fingerprint density at radius 1 is 1.06 bits per heavy atom. The van der Waals surface area contributed by atoms with E-state index in [0.717, 1.165) is 22.3 Å². The van der Waals surface area contributed by atoms with Crippen LogP contribution in [0, 0.1) is 13.8 Å². The van der Waals surface area contributed by atoms with E-state index < -0.39 is 12.0 Å².